The Morgan fingerprint density at radius 1 is 1.22 bits per heavy atom. The molecule has 1 aromatic carbocycles. The molecule has 0 bridgehead atoms. The van der Waals surface area contributed by atoms with Crippen molar-refractivity contribution in [2.24, 2.45) is 0 Å². The number of rotatable bonds is 2. The Labute approximate surface area is 108 Å². The van der Waals surface area contributed by atoms with E-state index in [1.807, 2.05) is 6.07 Å². The van der Waals surface area contributed by atoms with Crippen LogP contribution in [0.2, 0.25) is 0 Å². The Balaban J connectivity index is 1.75. The van der Waals surface area contributed by atoms with Gasteiger partial charge in [-0.2, -0.15) is 0 Å². The SMILES string of the molecule is Oc1ccc2c(c1)C(NC1CCCOC1)CCC2. The van der Waals surface area contributed by atoms with Crippen molar-refractivity contribution in [3.05, 3.63) is 29.3 Å². The van der Waals surface area contributed by atoms with Crippen molar-refractivity contribution < 1.29 is 9.84 Å². The highest BCUT2D eigenvalue weighted by molar-refractivity contribution is 5.38. The van der Waals surface area contributed by atoms with Gasteiger partial charge in [0.1, 0.15) is 5.75 Å². The Morgan fingerprint density at radius 3 is 3.00 bits per heavy atom. The number of benzene rings is 1. The first-order valence-electron chi connectivity index (χ1n) is 6.98. The molecule has 3 nitrogen and oxygen atoms in total. The third kappa shape index (κ3) is 2.52. The molecule has 0 spiro atoms. The average Bonchev–Trinajstić information content (AvgIpc) is 2.41. The lowest BCUT2D eigenvalue weighted by Crippen LogP contribution is -2.40. The van der Waals surface area contributed by atoms with Crippen molar-refractivity contribution in [2.45, 2.75) is 44.2 Å². The normalized spacial score (nSPS) is 27.8. The van der Waals surface area contributed by atoms with Crippen molar-refractivity contribution in [3.63, 3.8) is 0 Å². The molecule has 0 amide bonds. The van der Waals surface area contributed by atoms with Crippen LogP contribution in [0.25, 0.3) is 0 Å². The monoisotopic (exact) mass is 247 g/mol. The van der Waals surface area contributed by atoms with E-state index in [2.05, 4.69) is 11.4 Å². The summed E-state index contributed by atoms with van der Waals surface area (Å²) in [6.07, 6.45) is 5.87. The lowest BCUT2D eigenvalue weighted by molar-refractivity contribution is 0.0654. The third-order valence-corrected chi connectivity index (χ3v) is 4.04. The predicted octanol–water partition coefficient (Wildman–Crippen LogP) is 2.54. The van der Waals surface area contributed by atoms with E-state index in [1.165, 1.54) is 24.0 Å². The fraction of sp³-hybridized carbons (Fsp3) is 0.600. The lowest BCUT2D eigenvalue weighted by Gasteiger charge is -2.32. The third-order valence-electron chi connectivity index (χ3n) is 4.04. The highest BCUT2D eigenvalue weighted by atomic mass is 16.5. The molecular weight excluding hydrogens is 226 g/mol. The second kappa shape index (κ2) is 5.29. The first kappa shape index (κ1) is 12.0. The maximum atomic E-state index is 9.66. The van der Waals surface area contributed by atoms with Gasteiger partial charge in [-0.15, -0.1) is 0 Å². The largest absolute Gasteiger partial charge is 0.508 e. The second-order valence-corrected chi connectivity index (χ2v) is 5.41. The van der Waals surface area contributed by atoms with Gasteiger partial charge in [0.2, 0.25) is 0 Å². The first-order valence-corrected chi connectivity index (χ1v) is 6.98. The summed E-state index contributed by atoms with van der Waals surface area (Å²) in [6, 6.07) is 6.64. The number of phenols is 1. The van der Waals surface area contributed by atoms with Crippen LogP contribution in [0.4, 0.5) is 0 Å². The standard InChI is InChI=1S/C15H21NO2/c17-13-7-6-11-3-1-5-15(14(11)9-13)16-12-4-2-8-18-10-12/h6-7,9,12,15-17H,1-5,8,10H2. The Hall–Kier alpha value is -1.06. The van der Waals surface area contributed by atoms with Gasteiger partial charge in [-0.25, -0.2) is 0 Å². The molecule has 2 N–H and O–H groups in total. The second-order valence-electron chi connectivity index (χ2n) is 5.41. The summed E-state index contributed by atoms with van der Waals surface area (Å²) in [5, 5.41) is 13.4. The van der Waals surface area contributed by atoms with E-state index in [0.29, 0.717) is 17.8 Å². The number of nitrogens with one attached hydrogen (secondary N) is 1. The van der Waals surface area contributed by atoms with E-state index >= 15 is 0 Å². The molecule has 2 unspecified atom stereocenters. The molecule has 2 atom stereocenters. The molecule has 1 saturated heterocycles. The van der Waals surface area contributed by atoms with E-state index in [9.17, 15) is 5.11 Å². The molecule has 0 aromatic heterocycles. The molecule has 1 aromatic rings. The van der Waals surface area contributed by atoms with Gasteiger partial charge >= 0.3 is 0 Å². The van der Waals surface area contributed by atoms with Gasteiger partial charge in [0, 0.05) is 18.7 Å². The van der Waals surface area contributed by atoms with Crippen LogP contribution in [0.5, 0.6) is 5.75 Å². The first-order chi connectivity index (χ1) is 8.83. The van der Waals surface area contributed by atoms with Gasteiger partial charge in [-0.05, 0) is 55.4 Å². The number of fused-ring (bicyclic) bond motifs is 1. The number of aromatic hydroxyl groups is 1. The van der Waals surface area contributed by atoms with Crippen molar-refractivity contribution >= 4 is 0 Å². The summed E-state index contributed by atoms with van der Waals surface area (Å²) in [5.41, 5.74) is 2.67. The van der Waals surface area contributed by atoms with Crippen LogP contribution >= 0.6 is 0 Å². The number of hydrogen-bond donors (Lipinski definition) is 2. The lowest BCUT2D eigenvalue weighted by atomic mass is 9.87. The molecule has 1 fully saturated rings. The van der Waals surface area contributed by atoms with Crippen LogP contribution in [0.3, 0.4) is 0 Å². The fourth-order valence-electron chi connectivity index (χ4n) is 3.12. The van der Waals surface area contributed by atoms with Crippen LogP contribution < -0.4 is 5.32 Å². The number of phenolic OH excluding ortho intramolecular Hbond substituents is 1. The zero-order chi connectivity index (χ0) is 12.4. The minimum atomic E-state index is 0.377. The van der Waals surface area contributed by atoms with Gasteiger partial charge in [0.15, 0.2) is 0 Å². The van der Waals surface area contributed by atoms with Gasteiger partial charge in [-0.1, -0.05) is 6.07 Å². The van der Waals surface area contributed by atoms with Gasteiger partial charge < -0.3 is 15.2 Å². The zero-order valence-corrected chi connectivity index (χ0v) is 10.7. The minimum absolute atomic E-state index is 0.377. The summed E-state index contributed by atoms with van der Waals surface area (Å²) in [4.78, 5) is 0. The highest BCUT2D eigenvalue weighted by Gasteiger charge is 2.24. The summed E-state index contributed by atoms with van der Waals surface area (Å²) in [7, 11) is 0. The molecule has 1 aliphatic heterocycles. The van der Waals surface area contributed by atoms with Gasteiger partial charge in [-0.3, -0.25) is 0 Å². The van der Waals surface area contributed by atoms with E-state index < -0.39 is 0 Å². The zero-order valence-electron chi connectivity index (χ0n) is 10.7. The van der Waals surface area contributed by atoms with Gasteiger partial charge in [0.25, 0.3) is 0 Å². The molecular formula is C15H21NO2. The topological polar surface area (TPSA) is 41.5 Å². The minimum Gasteiger partial charge on any atom is -0.508 e. The maximum absolute atomic E-state index is 9.66. The maximum Gasteiger partial charge on any atom is 0.115 e. The van der Waals surface area contributed by atoms with Crippen molar-refractivity contribution in [1.29, 1.82) is 0 Å². The smallest absolute Gasteiger partial charge is 0.115 e. The fourth-order valence-corrected chi connectivity index (χ4v) is 3.12. The highest BCUT2D eigenvalue weighted by Crippen LogP contribution is 2.32. The molecule has 3 rings (SSSR count). The Morgan fingerprint density at radius 2 is 2.17 bits per heavy atom. The van der Waals surface area contributed by atoms with Crippen molar-refractivity contribution in [2.75, 3.05) is 13.2 Å². The molecule has 1 aliphatic carbocycles. The van der Waals surface area contributed by atoms with Crippen LogP contribution in [0.15, 0.2) is 18.2 Å². The van der Waals surface area contributed by atoms with Crippen LogP contribution in [0, 0.1) is 0 Å². The average molecular weight is 247 g/mol. The molecule has 3 heteroatoms. The van der Waals surface area contributed by atoms with E-state index in [-0.39, 0.29) is 0 Å². The van der Waals surface area contributed by atoms with E-state index in [0.717, 1.165) is 32.5 Å². The summed E-state index contributed by atoms with van der Waals surface area (Å²) < 4.78 is 5.52. The van der Waals surface area contributed by atoms with Crippen molar-refractivity contribution in [3.8, 4) is 5.75 Å². The predicted molar refractivity (Wildman–Crippen MR) is 70.8 cm³/mol. The summed E-state index contributed by atoms with van der Waals surface area (Å²) in [5.74, 6) is 0.377. The number of ether oxygens (including phenoxy) is 1. The molecule has 18 heavy (non-hydrogen) atoms. The number of aryl methyl sites for hydroxylation is 1. The molecule has 98 valence electrons. The molecule has 0 radical (unpaired) electrons. The van der Waals surface area contributed by atoms with Crippen molar-refractivity contribution in [1.82, 2.24) is 5.32 Å². The van der Waals surface area contributed by atoms with E-state index in [4.69, 9.17) is 4.74 Å². The van der Waals surface area contributed by atoms with Crippen LogP contribution in [-0.4, -0.2) is 24.4 Å². The summed E-state index contributed by atoms with van der Waals surface area (Å²) in [6.45, 7) is 1.73. The Kier molecular flexibility index (Phi) is 3.52. The molecule has 2 aliphatic rings. The van der Waals surface area contributed by atoms with Crippen LogP contribution in [-0.2, 0) is 11.2 Å². The number of hydrogen-bond acceptors (Lipinski definition) is 3. The summed E-state index contributed by atoms with van der Waals surface area (Å²) >= 11 is 0. The quantitative estimate of drug-likeness (QED) is 0.844. The van der Waals surface area contributed by atoms with E-state index in [1.54, 1.807) is 6.07 Å². The Bertz CT molecular complexity index is 413. The van der Waals surface area contributed by atoms with Crippen LogP contribution in [0.1, 0.15) is 42.9 Å². The molecule has 0 saturated carbocycles. The van der Waals surface area contributed by atoms with Gasteiger partial charge in [0.05, 0.1) is 6.61 Å². The molecule has 1 heterocycles.